The van der Waals surface area contributed by atoms with E-state index in [9.17, 15) is 0 Å². The Kier molecular flexibility index (Phi) is 6.27. The van der Waals surface area contributed by atoms with Crippen molar-refractivity contribution in [1.29, 1.82) is 0 Å². The number of benzene rings is 8. The van der Waals surface area contributed by atoms with Crippen molar-refractivity contribution in [3.8, 4) is 56.0 Å². The highest BCUT2D eigenvalue weighted by Gasteiger charge is 2.54. The number of rotatable bonds is 2. The molecule has 5 heteroatoms. The summed E-state index contributed by atoms with van der Waals surface area (Å²) in [5, 5.41) is 12.5. The molecule has 0 bridgehead atoms. The van der Waals surface area contributed by atoms with Crippen molar-refractivity contribution in [2.45, 2.75) is 0 Å². The molecule has 8 aromatic carbocycles. The van der Waals surface area contributed by atoms with Crippen LogP contribution in [0.15, 0.2) is 170 Å². The lowest BCUT2D eigenvalue weighted by Gasteiger charge is -2.24. The minimum absolute atomic E-state index is 0.765. The predicted octanol–water partition coefficient (Wildman–Crippen LogP) is 12.6. The molecule has 0 aromatic heterocycles. The van der Waals surface area contributed by atoms with Gasteiger partial charge in [0.25, 0.3) is 0 Å². The largest absolute Gasteiger partial charge is 0.572 e. The van der Waals surface area contributed by atoms with E-state index in [1.807, 2.05) is 6.07 Å². The van der Waals surface area contributed by atoms with Crippen LogP contribution in [0, 0.1) is 0 Å². The monoisotopic (exact) mass is 649 g/mol. The van der Waals surface area contributed by atoms with Crippen LogP contribution < -0.4 is 19.2 Å². The maximum atomic E-state index is 7.43. The molecule has 2 aliphatic rings. The van der Waals surface area contributed by atoms with Crippen molar-refractivity contribution in [3.63, 3.8) is 0 Å². The summed E-state index contributed by atoms with van der Waals surface area (Å²) in [5.41, 5.74) is 10.4. The number of fused-ring (bicyclic) bond motifs is 10. The molecule has 4 nitrogen and oxygen atoms in total. The van der Waals surface area contributed by atoms with Crippen LogP contribution in [0.25, 0.3) is 66.1 Å². The Balaban J connectivity index is 1.29. The van der Waals surface area contributed by atoms with E-state index in [4.69, 9.17) is 9.05 Å². The van der Waals surface area contributed by atoms with Gasteiger partial charge in [0, 0.05) is 33.4 Å². The SMILES string of the molecule is c1ccc(-c2cccc3c2N[P+]2(Nc4ccc5ccccc5c4-c4c(ccc5ccccc45)O2)Oc2c(-c4ccccc4)cccc2-3)cc1. The van der Waals surface area contributed by atoms with E-state index in [2.05, 4.69) is 174 Å². The molecule has 0 radical (unpaired) electrons. The van der Waals surface area contributed by atoms with Gasteiger partial charge in [-0.05, 0) is 44.8 Å². The molecule has 2 N–H and O–H groups in total. The molecule has 0 saturated carbocycles. The van der Waals surface area contributed by atoms with Crippen LogP contribution in [0.4, 0.5) is 11.4 Å². The van der Waals surface area contributed by atoms with Gasteiger partial charge in [-0.2, -0.15) is 10.2 Å². The van der Waals surface area contributed by atoms with Gasteiger partial charge in [-0.3, -0.25) is 9.05 Å². The van der Waals surface area contributed by atoms with Gasteiger partial charge in [0.1, 0.15) is 0 Å². The number of anilines is 2. The van der Waals surface area contributed by atoms with Crippen LogP contribution >= 0.6 is 8.02 Å². The number of hydrogen-bond donors (Lipinski definition) is 2. The molecule has 0 saturated heterocycles. The normalized spacial score (nSPS) is 15.7. The first-order valence-corrected chi connectivity index (χ1v) is 18.1. The minimum Gasteiger partial charge on any atom is -0.264 e. The Morgan fingerprint density at radius 2 is 0.959 bits per heavy atom. The van der Waals surface area contributed by atoms with E-state index in [1.54, 1.807) is 0 Å². The van der Waals surface area contributed by atoms with Crippen LogP contribution in [0.1, 0.15) is 0 Å². The summed E-state index contributed by atoms with van der Waals surface area (Å²) in [4.78, 5) is 0. The van der Waals surface area contributed by atoms with Gasteiger partial charge >= 0.3 is 8.02 Å². The molecule has 2 heterocycles. The van der Waals surface area contributed by atoms with Gasteiger partial charge in [-0.1, -0.05) is 158 Å². The summed E-state index contributed by atoms with van der Waals surface area (Å²) in [7, 11) is -3.25. The Hall–Kier alpha value is -6.09. The topological polar surface area (TPSA) is 42.5 Å². The lowest BCUT2D eigenvalue weighted by Crippen LogP contribution is -2.23. The van der Waals surface area contributed by atoms with E-state index in [1.165, 1.54) is 5.39 Å². The molecule has 1 atom stereocenters. The van der Waals surface area contributed by atoms with E-state index in [-0.39, 0.29) is 0 Å². The first-order chi connectivity index (χ1) is 24.2. The fourth-order valence-electron chi connectivity index (χ4n) is 7.38. The summed E-state index contributed by atoms with van der Waals surface area (Å²) in [6.45, 7) is 0. The average Bonchev–Trinajstić information content (AvgIpc) is 3.39. The molecule has 0 amide bonds. The molecule has 1 spiro atoms. The molecule has 10 rings (SSSR count). The highest BCUT2D eigenvalue weighted by atomic mass is 31.2. The van der Waals surface area contributed by atoms with Gasteiger partial charge in [-0.25, -0.2) is 0 Å². The molecular weight excluding hydrogens is 619 g/mol. The quantitative estimate of drug-likeness (QED) is 0.183. The average molecular weight is 650 g/mol. The Morgan fingerprint density at radius 1 is 0.388 bits per heavy atom. The fraction of sp³-hybridized carbons (Fsp3) is 0. The summed E-state index contributed by atoms with van der Waals surface area (Å²) in [5.74, 6) is 1.54. The third kappa shape index (κ3) is 4.49. The second-order valence-electron chi connectivity index (χ2n) is 12.5. The summed E-state index contributed by atoms with van der Waals surface area (Å²) in [6, 6.07) is 59.5. The summed E-state index contributed by atoms with van der Waals surface area (Å²) >= 11 is 0. The van der Waals surface area contributed by atoms with E-state index < -0.39 is 8.02 Å². The van der Waals surface area contributed by atoms with Crippen molar-refractivity contribution in [1.82, 2.24) is 0 Å². The molecule has 8 aromatic rings. The smallest absolute Gasteiger partial charge is 0.264 e. The number of hydrogen-bond acceptors (Lipinski definition) is 4. The molecule has 49 heavy (non-hydrogen) atoms. The maximum Gasteiger partial charge on any atom is 0.572 e. The second-order valence-corrected chi connectivity index (χ2v) is 14.4. The van der Waals surface area contributed by atoms with Gasteiger partial charge in [0.2, 0.25) is 0 Å². The van der Waals surface area contributed by atoms with Gasteiger partial charge < -0.3 is 0 Å². The third-order valence-corrected chi connectivity index (χ3v) is 11.5. The van der Waals surface area contributed by atoms with Crippen molar-refractivity contribution in [3.05, 3.63) is 170 Å². The molecule has 0 fully saturated rings. The zero-order valence-electron chi connectivity index (χ0n) is 26.4. The lowest BCUT2D eigenvalue weighted by molar-refractivity contribution is 0.479. The van der Waals surface area contributed by atoms with Crippen LogP contribution in [-0.4, -0.2) is 0 Å². The van der Waals surface area contributed by atoms with Gasteiger partial charge in [0.15, 0.2) is 11.5 Å². The summed E-state index contributed by atoms with van der Waals surface area (Å²) < 4.78 is 14.8. The first kappa shape index (κ1) is 28.0. The van der Waals surface area contributed by atoms with Crippen LogP contribution in [0.2, 0.25) is 0 Å². The predicted molar refractivity (Wildman–Crippen MR) is 205 cm³/mol. The molecule has 2 aliphatic heterocycles. The Morgan fingerprint density at radius 3 is 1.69 bits per heavy atom. The van der Waals surface area contributed by atoms with Crippen LogP contribution in [0.5, 0.6) is 11.5 Å². The molecule has 232 valence electrons. The van der Waals surface area contributed by atoms with Crippen molar-refractivity contribution >= 4 is 40.9 Å². The summed E-state index contributed by atoms with van der Waals surface area (Å²) in [6.07, 6.45) is 0. The minimum atomic E-state index is -3.25. The number of nitrogens with one attached hydrogen (secondary N) is 2. The first-order valence-electron chi connectivity index (χ1n) is 16.5. The fourth-order valence-corrected chi connectivity index (χ4v) is 9.58. The van der Waals surface area contributed by atoms with Crippen molar-refractivity contribution in [2.24, 2.45) is 0 Å². The third-order valence-electron chi connectivity index (χ3n) is 9.58. The zero-order chi connectivity index (χ0) is 32.4. The van der Waals surface area contributed by atoms with Crippen LogP contribution in [0.3, 0.4) is 0 Å². The lowest BCUT2D eigenvalue weighted by atomic mass is 9.92. The maximum absolute atomic E-state index is 7.43. The van der Waals surface area contributed by atoms with E-state index in [0.717, 1.165) is 83.5 Å². The highest BCUT2D eigenvalue weighted by Crippen LogP contribution is 2.68. The van der Waals surface area contributed by atoms with E-state index in [0.29, 0.717) is 0 Å². The Labute approximate surface area is 285 Å². The molecular formula is C44H30N2O2P+. The van der Waals surface area contributed by atoms with Crippen molar-refractivity contribution in [2.75, 3.05) is 10.2 Å². The number of para-hydroxylation sites is 2. The Bertz CT molecular complexity index is 2390. The van der Waals surface area contributed by atoms with Crippen molar-refractivity contribution < 1.29 is 9.05 Å². The highest BCUT2D eigenvalue weighted by molar-refractivity contribution is 7.70. The molecule has 1 unspecified atom stereocenters. The van der Waals surface area contributed by atoms with Crippen LogP contribution in [-0.2, 0) is 0 Å². The van der Waals surface area contributed by atoms with E-state index >= 15 is 0 Å². The standard InChI is InChI=1S/C44H30N2O2P/c1-3-13-29(14-4-1)35-21-11-23-37-38-24-12-22-36(30-15-5-2-6-16-30)44(38)48-49(46-43(35)37)45-39-27-25-31-17-7-9-19-33(31)41(39)42-34-20-10-8-18-32(34)26-28-40(42)47-49/h1-28,45-46H/q+1. The van der Waals surface area contributed by atoms with Gasteiger partial charge in [-0.15, -0.1) is 0 Å². The molecule has 0 aliphatic carbocycles. The van der Waals surface area contributed by atoms with Gasteiger partial charge in [0.05, 0.1) is 11.4 Å². The zero-order valence-corrected chi connectivity index (χ0v) is 27.3. The second kappa shape index (κ2) is 11.0.